The van der Waals surface area contributed by atoms with Gasteiger partial charge in [-0.15, -0.1) is 0 Å². The van der Waals surface area contributed by atoms with Crippen LogP contribution in [0.5, 0.6) is 0 Å². The van der Waals surface area contributed by atoms with E-state index in [1.54, 1.807) is 30.3 Å². The molecule has 0 amide bonds. The number of hydrogen-bond acceptors (Lipinski definition) is 6. The lowest BCUT2D eigenvalue weighted by Gasteiger charge is -2.31. The molecule has 1 aliphatic heterocycles. The average molecular weight is 791 g/mol. The van der Waals surface area contributed by atoms with Crippen LogP contribution in [0.4, 0.5) is 23.0 Å². The molecule has 0 bridgehead atoms. The highest BCUT2D eigenvalue weighted by atomic mass is 16.2. The third kappa shape index (κ3) is 7.20. The van der Waals surface area contributed by atoms with Crippen LogP contribution in [-0.2, 0) is 0 Å². The molecule has 2 heterocycles. The molecule has 0 fully saturated rings. The second kappa shape index (κ2) is 16.1. The topological polar surface area (TPSA) is 66.4 Å². The minimum atomic E-state index is -0.308. The molecule has 6 aromatic carbocycles. The normalized spacial score (nSPS) is 13.7. The van der Waals surface area contributed by atoms with Crippen LogP contribution >= 0.6 is 0 Å². The van der Waals surface area contributed by atoms with Gasteiger partial charge >= 0.3 is 0 Å². The number of ketones is 2. The number of Topliss-reactive ketones (excluding diaryl/α,β-unsaturated/α-hetero) is 2. The molecule has 1 aliphatic carbocycles. The van der Waals surface area contributed by atoms with E-state index in [1.165, 1.54) is 0 Å². The molecule has 0 saturated heterocycles. The van der Waals surface area contributed by atoms with Crippen molar-refractivity contribution in [1.29, 1.82) is 0 Å². The van der Waals surface area contributed by atoms with Gasteiger partial charge < -0.3 is 0 Å². The van der Waals surface area contributed by atoms with Crippen molar-refractivity contribution in [2.24, 2.45) is 0 Å². The summed E-state index contributed by atoms with van der Waals surface area (Å²) in [4.78, 5) is 43.0. The second-order valence-corrected chi connectivity index (χ2v) is 15.9. The number of fused-ring (bicyclic) bond motifs is 3. The number of aryl methyl sites for hydroxylation is 1. The molecule has 0 radical (unpaired) electrons. The highest BCUT2D eigenvalue weighted by Crippen LogP contribution is 2.53. The van der Waals surface area contributed by atoms with E-state index < -0.39 is 0 Å². The van der Waals surface area contributed by atoms with E-state index >= 15 is 0 Å². The number of carbonyl (C=O) groups is 2. The van der Waals surface area contributed by atoms with E-state index in [0.29, 0.717) is 39.8 Å². The van der Waals surface area contributed by atoms with Crippen molar-refractivity contribution in [1.82, 2.24) is 9.97 Å². The van der Waals surface area contributed by atoms with E-state index in [1.807, 2.05) is 97.9 Å². The molecule has 0 N–H and O–H groups in total. The molecule has 7 aromatic rings. The molecule has 0 atom stereocenters. The minimum Gasteiger partial charge on any atom is -0.288 e. The Morgan fingerprint density at radius 2 is 0.951 bits per heavy atom. The number of para-hydroxylation sites is 3. The fraction of sp³-hybridized carbons (Fsp3) is 0.127. The lowest BCUT2D eigenvalue weighted by molar-refractivity contribution is 0.0988. The van der Waals surface area contributed by atoms with Crippen LogP contribution in [0.3, 0.4) is 0 Å². The van der Waals surface area contributed by atoms with Crippen LogP contribution in [0.2, 0.25) is 0 Å². The molecule has 0 saturated carbocycles. The highest BCUT2D eigenvalue weighted by molar-refractivity contribution is 6.39. The first-order chi connectivity index (χ1) is 29.7. The summed E-state index contributed by atoms with van der Waals surface area (Å²) in [6.45, 7) is 10.8. The zero-order chi connectivity index (χ0) is 42.2. The molecule has 0 spiro atoms. The zero-order valence-electron chi connectivity index (χ0n) is 34.7. The minimum absolute atomic E-state index is 0.0916. The fourth-order valence-electron chi connectivity index (χ4n) is 8.07. The molecule has 6 heteroatoms. The van der Waals surface area contributed by atoms with Crippen LogP contribution in [0.1, 0.15) is 99.2 Å². The molecule has 6 nitrogen and oxygen atoms in total. The Balaban J connectivity index is 1.41. The third-order valence-corrected chi connectivity index (χ3v) is 11.0. The smallest absolute Gasteiger partial charge is 0.197 e. The number of nitrogens with zero attached hydrogens (tertiary/aromatic N) is 4. The predicted octanol–water partition coefficient (Wildman–Crippen LogP) is 12.1. The van der Waals surface area contributed by atoms with Gasteiger partial charge in [-0.1, -0.05) is 142 Å². The summed E-state index contributed by atoms with van der Waals surface area (Å²) in [5.41, 5.74) is 10.4. The van der Waals surface area contributed by atoms with Crippen molar-refractivity contribution in [2.45, 2.75) is 46.5 Å². The SMILES string of the molecule is Cc1cc(C#Cc2ccccc2)c(N2/C(=C/C=C3C(=O)c4ccccc4C3=O)N(c3c(C(C)C)cccc3C(C)C)c3nc4ccccc4nc32)c(C#Cc2ccccc2)c1. The van der Waals surface area contributed by atoms with Gasteiger partial charge in [0.2, 0.25) is 0 Å². The van der Waals surface area contributed by atoms with Crippen molar-refractivity contribution in [3.63, 3.8) is 0 Å². The van der Waals surface area contributed by atoms with E-state index in [-0.39, 0.29) is 29.0 Å². The number of benzene rings is 6. The van der Waals surface area contributed by atoms with Crippen molar-refractivity contribution >= 4 is 45.6 Å². The molecule has 1 aromatic heterocycles. The van der Waals surface area contributed by atoms with Crippen LogP contribution in [0.15, 0.2) is 163 Å². The lowest BCUT2D eigenvalue weighted by atomic mass is 9.92. The first kappa shape index (κ1) is 38.7. The van der Waals surface area contributed by atoms with Crippen molar-refractivity contribution in [3.05, 3.63) is 213 Å². The number of rotatable bonds is 5. The van der Waals surface area contributed by atoms with Crippen LogP contribution in [0.25, 0.3) is 11.0 Å². The number of allylic oxidation sites excluding steroid dienone is 3. The molecule has 294 valence electrons. The van der Waals surface area contributed by atoms with Gasteiger partial charge in [0.15, 0.2) is 23.2 Å². The zero-order valence-corrected chi connectivity index (χ0v) is 34.7. The van der Waals surface area contributed by atoms with Gasteiger partial charge in [-0.2, -0.15) is 0 Å². The summed E-state index contributed by atoms with van der Waals surface area (Å²) < 4.78 is 0. The number of anilines is 4. The molecule has 2 aliphatic rings. The van der Waals surface area contributed by atoms with Crippen molar-refractivity contribution < 1.29 is 9.59 Å². The van der Waals surface area contributed by atoms with Gasteiger partial charge in [-0.25, -0.2) is 9.97 Å². The van der Waals surface area contributed by atoms with Crippen LogP contribution in [0, 0.1) is 30.6 Å². The summed E-state index contributed by atoms with van der Waals surface area (Å²) in [6.07, 6.45) is 3.53. The Morgan fingerprint density at radius 3 is 1.43 bits per heavy atom. The summed E-state index contributed by atoms with van der Waals surface area (Å²) in [6, 6.07) is 45.3. The van der Waals surface area contributed by atoms with E-state index in [4.69, 9.17) is 9.97 Å². The summed E-state index contributed by atoms with van der Waals surface area (Å²) in [5, 5.41) is 0. The predicted molar refractivity (Wildman–Crippen MR) is 246 cm³/mol. The van der Waals surface area contributed by atoms with E-state index in [9.17, 15) is 9.59 Å². The van der Waals surface area contributed by atoms with E-state index in [0.717, 1.165) is 50.1 Å². The second-order valence-electron chi connectivity index (χ2n) is 15.9. The first-order valence-electron chi connectivity index (χ1n) is 20.6. The van der Waals surface area contributed by atoms with Crippen LogP contribution < -0.4 is 9.80 Å². The Labute approximate surface area is 356 Å². The standard InChI is InChI=1S/C55H42N4O2/c1-35(2)42-23-16-24-43(36(3)4)51(42)59-49(32-31-46-52(60)44-21-12-13-22-45(44)53(46)61)58(54-55(59)57-48-26-15-14-25-47(48)56-54)50-40(29-27-38-17-8-6-9-18-38)33-37(5)34-41(50)30-28-39-19-10-7-11-20-39/h6-26,31-36H,1-5H3/b49-32-. The summed E-state index contributed by atoms with van der Waals surface area (Å²) in [5.74, 6) is 15.3. The summed E-state index contributed by atoms with van der Waals surface area (Å²) in [7, 11) is 0. The van der Waals surface area contributed by atoms with E-state index in [2.05, 4.69) is 91.5 Å². The summed E-state index contributed by atoms with van der Waals surface area (Å²) >= 11 is 0. The van der Waals surface area contributed by atoms with Gasteiger partial charge in [-0.3, -0.25) is 19.4 Å². The lowest BCUT2D eigenvalue weighted by Crippen LogP contribution is -2.25. The Hall–Kier alpha value is -7.80. The average Bonchev–Trinajstić information content (AvgIpc) is 3.71. The quantitative estimate of drug-likeness (QED) is 0.0983. The Morgan fingerprint density at radius 1 is 0.508 bits per heavy atom. The molecule has 61 heavy (non-hydrogen) atoms. The number of aromatic nitrogens is 2. The monoisotopic (exact) mass is 790 g/mol. The maximum Gasteiger partial charge on any atom is 0.197 e. The third-order valence-electron chi connectivity index (χ3n) is 11.0. The molecular formula is C55H42N4O2. The van der Waals surface area contributed by atoms with Crippen LogP contribution in [-0.4, -0.2) is 21.5 Å². The Kier molecular flexibility index (Phi) is 10.2. The largest absolute Gasteiger partial charge is 0.288 e. The number of hydrogen-bond donors (Lipinski definition) is 0. The highest BCUT2D eigenvalue weighted by Gasteiger charge is 2.41. The number of carbonyl (C=O) groups excluding carboxylic acids is 2. The van der Waals surface area contributed by atoms with Crippen molar-refractivity contribution in [3.8, 4) is 23.7 Å². The van der Waals surface area contributed by atoms with Gasteiger partial charge in [0, 0.05) is 22.3 Å². The maximum absolute atomic E-state index is 14.0. The van der Waals surface area contributed by atoms with Crippen molar-refractivity contribution in [2.75, 3.05) is 9.80 Å². The molecular weight excluding hydrogens is 749 g/mol. The van der Waals surface area contributed by atoms with Gasteiger partial charge in [0.1, 0.15) is 5.82 Å². The Bertz CT molecular complexity index is 2960. The van der Waals surface area contributed by atoms with Gasteiger partial charge in [-0.05, 0) is 96.1 Å². The van der Waals surface area contributed by atoms with Gasteiger partial charge in [0.05, 0.1) is 39.1 Å². The molecule has 9 rings (SSSR count). The van der Waals surface area contributed by atoms with Gasteiger partial charge in [0.25, 0.3) is 0 Å². The first-order valence-corrected chi connectivity index (χ1v) is 20.6. The molecule has 0 unspecified atom stereocenters. The maximum atomic E-state index is 14.0. The fourth-order valence-corrected chi connectivity index (χ4v) is 8.07.